The summed E-state index contributed by atoms with van der Waals surface area (Å²) in [4.78, 5) is 0. The van der Waals surface area contributed by atoms with Crippen molar-refractivity contribution in [2.75, 3.05) is 0 Å². The minimum Gasteiger partial charge on any atom is -0.0632 e. The molecule has 0 heterocycles. The Morgan fingerprint density at radius 2 is 0.692 bits per heavy atom. The molecule has 0 fully saturated rings. The molecule has 2 radical (unpaired) electrons. The van der Waals surface area contributed by atoms with Crippen LogP contribution in [0, 0.1) is 0 Å². The molecule has 0 saturated carbocycles. The van der Waals surface area contributed by atoms with Crippen molar-refractivity contribution in [2.45, 2.75) is 0 Å². The fraction of sp³-hybridized carbons (Fsp3) is 0. The first-order chi connectivity index (χ1) is 12.9. The number of rotatable bonds is 4. The van der Waals surface area contributed by atoms with E-state index in [9.17, 15) is 0 Å². The Hall–Kier alpha value is -2.36. The summed E-state index contributed by atoms with van der Waals surface area (Å²) in [5.74, 6) is 0. The van der Waals surface area contributed by atoms with E-state index in [-0.39, 0.29) is 9.52 Å². The van der Waals surface area contributed by atoms with E-state index in [0.717, 1.165) is 0 Å². The molecule has 4 aromatic rings. The molecule has 0 N–H and O–H groups in total. The van der Waals surface area contributed by atoms with Gasteiger partial charge in [0.15, 0.2) is 0 Å². The predicted molar refractivity (Wildman–Crippen MR) is 119 cm³/mol. The fourth-order valence-electron chi connectivity index (χ4n) is 2.58. The van der Waals surface area contributed by atoms with E-state index in [2.05, 4.69) is 121 Å². The summed E-state index contributed by atoms with van der Waals surface area (Å²) in [6, 6.07) is 42.9. The van der Waals surface area contributed by atoms with Gasteiger partial charge >= 0.3 is 84.9 Å². The molecule has 4 aromatic carbocycles. The average Bonchev–Trinajstić information content (AvgIpc) is 2.72. The van der Waals surface area contributed by atoms with Gasteiger partial charge in [-0.1, -0.05) is 71.0 Å². The third-order valence-electron chi connectivity index (χ3n) is 3.86. The van der Waals surface area contributed by atoms with Crippen LogP contribution >= 0.6 is 0 Å². The van der Waals surface area contributed by atoms with Crippen molar-refractivity contribution >= 4 is 44.1 Å². The Kier molecular flexibility index (Phi) is 7.51. The Labute approximate surface area is 165 Å². The average molecular weight is 411 g/mol. The van der Waals surface area contributed by atoms with Crippen LogP contribution in [0.25, 0.3) is 0 Å². The van der Waals surface area contributed by atoms with E-state index < -0.39 is 15.4 Å². The van der Waals surface area contributed by atoms with Crippen LogP contribution in [0.15, 0.2) is 121 Å². The molecular formula is C24H22GeSi. The van der Waals surface area contributed by atoms with E-state index in [1.807, 2.05) is 0 Å². The zero-order chi connectivity index (χ0) is 17.9. The van der Waals surface area contributed by atoms with Gasteiger partial charge in [-0.25, -0.2) is 0 Å². The Morgan fingerprint density at radius 3 is 1.04 bits per heavy atom. The van der Waals surface area contributed by atoms with E-state index in [0.29, 0.717) is 0 Å². The second-order valence-corrected chi connectivity index (χ2v) is 11.0. The Balaban J connectivity index is 0.000000151. The molecule has 0 saturated heterocycles. The van der Waals surface area contributed by atoms with E-state index >= 15 is 0 Å². The smallest absolute Gasteiger partial charge is 0.0632 e. The van der Waals surface area contributed by atoms with E-state index in [4.69, 9.17) is 0 Å². The van der Waals surface area contributed by atoms with Gasteiger partial charge in [0.25, 0.3) is 0 Å². The van der Waals surface area contributed by atoms with Crippen molar-refractivity contribution < 1.29 is 0 Å². The minimum atomic E-state index is -0.392. The molecular weight excluding hydrogens is 389 g/mol. The van der Waals surface area contributed by atoms with Crippen LogP contribution in [0.3, 0.4) is 0 Å². The second-order valence-electron chi connectivity index (χ2n) is 5.93. The van der Waals surface area contributed by atoms with Gasteiger partial charge in [-0.05, 0) is 0 Å². The summed E-state index contributed by atoms with van der Waals surface area (Å²) in [5.41, 5.74) is 0. The van der Waals surface area contributed by atoms with Gasteiger partial charge in [0.1, 0.15) is 9.52 Å². The van der Waals surface area contributed by atoms with Gasteiger partial charge in [-0.15, -0.1) is 0 Å². The first-order valence-corrected chi connectivity index (χ1v) is 12.4. The molecule has 2 heteroatoms. The predicted octanol–water partition coefficient (Wildman–Crippen LogP) is 2.15. The van der Waals surface area contributed by atoms with Crippen LogP contribution in [0.4, 0.5) is 0 Å². The quantitative estimate of drug-likeness (QED) is 0.452. The third kappa shape index (κ3) is 6.51. The zero-order valence-electron chi connectivity index (χ0n) is 14.7. The van der Waals surface area contributed by atoms with Crippen molar-refractivity contribution in [2.24, 2.45) is 0 Å². The minimum absolute atomic E-state index is 0.271. The van der Waals surface area contributed by atoms with Crippen LogP contribution in [-0.4, -0.2) is 25.0 Å². The standard InChI is InChI=1S/C12H11Ge.C12H11Si/c2*1-3-7-11(8-4-1)13-12-9-5-2-6-10-12/h2*1-10,13H. The summed E-state index contributed by atoms with van der Waals surface area (Å²) in [6.07, 6.45) is 0. The van der Waals surface area contributed by atoms with Crippen molar-refractivity contribution in [3.8, 4) is 0 Å². The second kappa shape index (κ2) is 10.6. The molecule has 0 aliphatic heterocycles. The molecule has 126 valence electrons. The topological polar surface area (TPSA) is 0 Å². The van der Waals surface area contributed by atoms with Crippen LogP contribution in [0.2, 0.25) is 0 Å². The molecule has 0 spiro atoms. The number of hydrogen-bond donors (Lipinski definition) is 0. The van der Waals surface area contributed by atoms with Gasteiger partial charge in [-0.2, -0.15) is 0 Å². The molecule has 0 aliphatic carbocycles. The van der Waals surface area contributed by atoms with Crippen molar-refractivity contribution in [3.05, 3.63) is 121 Å². The first kappa shape index (κ1) is 18.4. The molecule has 0 aromatic heterocycles. The molecule has 4 rings (SSSR count). The van der Waals surface area contributed by atoms with Gasteiger partial charge < -0.3 is 0 Å². The van der Waals surface area contributed by atoms with Crippen molar-refractivity contribution in [1.82, 2.24) is 0 Å². The van der Waals surface area contributed by atoms with Gasteiger partial charge in [-0.3, -0.25) is 0 Å². The van der Waals surface area contributed by atoms with Gasteiger partial charge in [0.05, 0.1) is 0 Å². The van der Waals surface area contributed by atoms with Gasteiger partial charge in [0.2, 0.25) is 0 Å². The normalized spacial score (nSPS) is 9.85. The van der Waals surface area contributed by atoms with Crippen LogP contribution < -0.4 is 19.2 Å². The maximum absolute atomic E-state index is 2.23. The van der Waals surface area contributed by atoms with E-state index in [1.54, 1.807) is 0 Å². The summed E-state index contributed by atoms with van der Waals surface area (Å²) >= 11 is -0.392. The van der Waals surface area contributed by atoms with Gasteiger partial charge in [0, 0.05) is 0 Å². The summed E-state index contributed by atoms with van der Waals surface area (Å²) in [7, 11) is 0.271. The molecule has 0 nitrogen and oxygen atoms in total. The zero-order valence-corrected chi connectivity index (χ0v) is 18.3. The monoisotopic (exact) mass is 412 g/mol. The maximum atomic E-state index is 2.23. The van der Waals surface area contributed by atoms with Crippen LogP contribution in [-0.2, 0) is 0 Å². The first-order valence-electron chi connectivity index (χ1n) is 8.80. The number of hydrogen-bond acceptors (Lipinski definition) is 0. The molecule has 0 unspecified atom stereocenters. The van der Waals surface area contributed by atoms with Crippen LogP contribution in [0.5, 0.6) is 0 Å². The molecule has 0 aliphatic rings. The van der Waals surface area contributed by atoms with Crippen molar-refractivity contribution in [1.29, 1.82) is 0 Å². The molecule has 0 bridgehead atoms. The summed E-state index contributed by atoms with van der Waals surface area (Å²) < 4.78 is 3.05. The Bertz CT molecular complexity index is 711. The van der Waals surface area contributed by atoms with Crippen LogP contribution in [0.1, 0.15) is 0 Å². The van der Waals surface area contributed by atoms with E-state index in [1.165, 1.54) is 19.2 Å². The number of benzene rings is 4. The molecule has 26 heavy (non-hydrogen) atoms. The molecule has 0 atom stereocenters. The summed E-state index contributed by atoms with van der Waals surface area (Å²) in [5, 5.41) is 2.90. The molecule has 0 amide bonds. The van der Waals surface area contributed by atoms with Crippen molar-refractivity contribution in [3.63, 3.8) is 0 Å². The fourth-order valence-corrected chi connectivity index (χ4v) is 6.34. The maximum Gasteiger partial charge on any atom is 0.103 e. The Morgan fingerprint density at radius 1 is 0.385 bits per heavy atom. The SMILES string of the molecule is c1cc[c]([GeH][c]2ccccc2)cc1.c1ccc([SiH]c2ccccc2)cc1. The summed E-state index contributed by atoms with van der Waals surface area (Å²) in [6.45, 7) is 0. The largest absolute Gasteiger partial charge is 0.103 e. The third-order valence-corrected chi connectivity index (χ3v) is 8.32.